The lowest BCUT2D eigenvalue weighted by Crippen LogP contribution is -2.42. The van der Waals surface area contributed by atoms with E-state index in [9.17, 15) is 18.4 Å². The van der Waals surface area contributed by atoms with Gasteiger partial charge in [-0.1, -0.05) is 23.8 Å². The largest absolute Gasteiger partial charge is 0.359 e. The number of aromatic nitrogens is 6. The fraction of sp³-hybridized carbons (Fsp3) is 0.148. The van der Waals surface area contributed by atoms with Crippen molar-refractivity contribution in [2.75, 3.05) is 5.32 Å². The number of nitrogens with one attached hydrogen (secondary N) is 1. The molecule has 198 valence electrons. The summed E-state index contributed by atoms with van der Waals surface area (Å²) in [5.74, 6) is -2.23. The summed E-state index contributed by atoms with van der Waals surface area (Å²) >= 11 is 6.48. The molecule has 1 N–H and O–H groups in total. The molecule has 0 amide bonds. The minimum Gasteiger partial charge on any atom is -0.324 e. The van der Waals surface area contributed by atoms with Gasteiger partial charge in [0.25, 0.3) is 0 Å². The molecule has 5 aromatic rings. The van der Waals surface area contributed by atoms with Crippen LogP contribution in [-0.2, 0) is 13.6 Å². The number of hydrogen-bond donors (Lipinski definition) is 1. The second-order valence-electron chi connectivity index (χ2n) is 8.93. The number of rotatable bonds is 6. The molecular weight excluding hydrogens is 528 g/mol. The van der Waals surface area contributed by atoms with Crippen LogP contribution in [0.5, 0.6) is 0 Å². The van der Waals surface area contributed by atoms with Gasteiger partial charge < -0.3 is 5.32 Å². The molecule has 3 heterocycles. The lowest BCUT2D eigenvalue weighted by atomic mass is 10.1. The smallest absolute Gasteiger partial charge is 0.324 e. The maximum Gasteiger partial charge on any atom is 0.359 e. The fourth-order valence-electron chi connectivity index (χ4n) is 4.25. The molecule has 0 bridgehead atoms. The Balaban J connectivity index is 1.72. The van der Waals surface area contributed by atoms with E-state index in [1.165, 1.54) is 6.20 Å². The van der Waals surface area contributed by atoms with Crippen LogP contribution in [0.25, 0.3) is 22.7 Å². The quantitative estimate of drug-likeness (QED) is 0.328. The topological polar surface area (TPSA) is 99.6 Å². The van der Waals surface area contributed by atoms with Crippen LogP contribution in [0.15, 0.2) is 64.6 Å². The van der Waals surface area contributed by atoms with Gasteiger partial charge in [0.1, 0.15) is 0 Å². The average molecular weight is 550 g/mol. The second kappa shape index (κ2) is 10.3. The lowest BCUT2D eigenvalue weighted by molar-refractivity contribution is 0.505. The Morgan fingerprint density at radius 3 is 2.59 bits per heavy atom. The zero-order valence-electron chi connectivity index (χ0n) is 21.1. The molecule has 0 spiro atoms. The highest BCUT2D eigenvalue weighted by molar-refractivity contribution is 6.34. The number of fused-ring (bicyclic) bond motifs is 1. The summed E-state index contributed by atoms with van der Waals surface area (Å²) in [4.78, 5) is 35.2. The van der Waals surface area contributed by atoms with E-state index in [0.29, 0.717) is 22.3 Å². The Morgan fingerprint density at radius 2 is 1.85 bits per heavy atom. The molecule has 0 unspecified atom stereocenters. The van der Waals surface area contributed by atoms with Crippen LogP contribution in [0, 0.1) is 18.6 Å². The molecule has 0 saturated heterocycles. The molecule has 0 aliphatic carbocycles. The van der Waals surface area contributed by atoms with Gasteiger partial charge in [-0.3, -0.25) is 14.2 Å². The van der Waals surface area contributed by atoms with Crippen LogP contribution in [0.1, 0.15) is 23.6 Å². The summed E-state index contributed by atoms with van der Waals surface area (Å²) < 4.78 is 32.0. The predicted octanol–water partition coefficient (Wildman–Crippen LogP) is 4.74. The number of aryl methyl sites for hydroxylation is 2. The van der Waals surface area contributed by atoms with E-state index in [0.717, 1.165) is 32.2 Å². The van der Waals surface area contributed by atoms with E-state index < -0.39 is 23.0 Å². The van der Waals surface area contributed by atoms with Gasteiger partial charge in [0, 0.05) is 24.8 Å². The summed E-state index contributed by atoms with van der Waals surface area (Å²) in [6.07, 6.45) is 7.99. The Hall–Kier alpha value is -4.64. The van der Waals surface area contributed by atoms with E-state index in [1.54, 1.807) is 68.3 Å². The van der Waals surface area contributed by atoms with Crippen molar-refractivity contribution in [1.82, 2.24) is 28.9 Å². The fourth-order valence-corrected chi connectivity index (χ4v) is 4.45. The summed E-state index contributed by atoms with van der Waals surface area (Å²) in [5, 5.41) is 8.33. The minimum atomic E-state index is -1.07. The number of hydrogen-bond acceptors (Lipinski definition) is 6. The Kier molecular flexibility index (Phi) is 6.83. The SMILES string of the molecule is C/C=C/c1cc(F)c(F)cc1Cn1c(Nc2cc3cn(C)nc3cc2Cl)nc(=O)n(-c2cncc(C)c2)c1=O. The standard InChI is InChI=1S/C27H22ClF2N7O2/c1-4-5-16-7-21(29)22(30)8-17(16)14-36-25(32-24-9-18-13-35(3)34-23(18)10-20(24)28)33-26(38)37(27(36)39)19-6-15(2)11-31-12-19/h4-13H,14H2,1-3H3,(H,32,33,38)/b5-4+. The molecule has 3 aromatic heterocycles. The number of pyridine rings is 1. The second-order valence-corrected chi connectivity index (χ2v) is 9.33. The normalized spacial score (nSPS) is 11.5. The number of halogens is 3. The molecule has 0 saturated carbocycles. The molecule has 12 heteroatoms. The van der Waals surface area contributed by atoms with Crippen LogP contribution in [0.2, 0.25) is 5.02 Å². The molecule has 5 rings (SSSR count). The van der Waals surface area contributed by atoms with Crippen LogP contribution in [0.3, 0.4) is 0 Å². The molecule has 0 fully saturated rings. The number of anilines is 2. The summed E-state index contributed by atoms with van der Waals surface area (Å²) in [7, 11) is 1.77. The van der Waals surface area contributed by atoms with Crippen LogP contribution < -0.4 is 16.7 Å². The van der Waals surface area contributed by atoms with Crippen molar-refractivity contribution in [3.05, 3.63) is 109 Å². The summed E-state index contributed by atoms with van der Waals surface area (Å²) in [6, 6.07) is 7.02. The third-order valence-electron chi connectivity index (χ3n) is 6.00. The van der Waals surface area contributed by atoms with Gasteiger partial charge in [-0.05, 0) is 60.9 Å². The van der Waals surface area contributed by atoms with Gasteiger partial charge in [0.2, 0.25) is 5.95 Å². The third-order valence-corrected chi connectivity index (χ3v) is 6.31. The molecule has 0 radical (unpaired) electrons. The molecule has 9 nitrogen and oxygen atoms in total. The molecule has 0 aliphatic heterocycles. The highest BCUT2D eigenvalue weighted by Crippen LogP contribution is 2.29. The van der Waals surface area contributed by atoms with Crippen molar-refractivity contribution < 1.29 is 8.78 Å². The number of nitrogens with zero attached hydrogens (tertiary/aromatic N) is 6. The first-order valence-electron chi connectivity index (χ1n) is 11.8. The Bertz CT molecular complexity index is 1890. The highest BCUT2D eigenvalue weighted by Gasteiger charge is 2.19. The monoisotopic (exact) mass is 549 g/mol. The molecule has 0 aliphatic rings. The Morgan fingerprint density at radius 1 is 1.08 bits per heavy atom. The van der Waals surface area contributed by atoms with E-state index >= 15 is 0 Å². The van der Waals surface area contributed by atoms with Crippen molar-refractivity contribution in [2.45, 2.75) is 20.4 Å². The maximum atomic E-state index is 14.3. The Labute approximate surface area is 225 Å². The van der Waals surface area contributed by atoms with Crippen molar-refractivity contribution in [3.63, 3.8) is 0 Å². The number of allylic oxidation sites excluding steroid dienone is 1. The molecule has 0 atom stereocenters. The predicted molar refractivity (Wildman–Crippen MR) is 146 cm³/mol. The van der Waals surface area contributed by atoms with Gasteiger partial charge in [0.15, 0.2) is 11.6 Å². The highest BCUT2D eigenvalue weighted by atomic mass is 35.5. The van der Waals surface area contributed by atoms with Gasteiger partial charge in [-0.2, -0.15) is 10.1 Å². The average Bonchev–Trinajstić information content (AvgIpc) is 3.23. The first-order valence-corrected chi connectivity index (χ1v) is 12.2. The van der Waals surface area contributed by atoms with Crippen molar-refractivity contribution in [1.29, 1.82) is 0 Å². The molecular formula is C27H22ClF2N7O2. The first-order chi connectivity index (χ1) is 18.6. The van der Waals surface area contributed by atoms with Crippen LogP contribution in [0.4, 0.5) is 20.4 Å². The minimum absolute atomic E-state index is 0.136. The molecule has 39 heavy (non-hydrogen) atoms. The number of benzene rings is 2. The van der Waals surface area contributed by atoms with Gasteiger partial charge in [-0.15, -0.1) is 0 Å². The zero-order valence-corrected chi connectivity index (χ0v) is 21.9. The van der Waals surface area contributed by atoms with E-state index in [2.05, 4.69) is 20.4 Å². The first kappa shape index (κ1) is 26.0. The summed E-state index contributed by atoms with van der Waals surface area (Å²) in [6.45, 7) is 3.26. The van der Waals surface area contributed by atoms with Gasteiger partial charge in [0.05, 0.1) is 34.7 Å². The third kappa shape index (κ3) is 5.08. The van der Waals surface area contributed by atoms with E-state index in [4.69, 9.17) is 11.6 Å². The maximum absolute atomic E-state index is 14.3. The van der Waals surface area contributed by atoms with Crippen molar-refractivity contribution >= 4 is 40.2 Å². The zero-order chi connectivity index (χ0) is 27.8. The lowest BCUT2D eigenvalue weighted by Gasteiger charge is -2.17. The molecule has 2 aromatic carbocycles. The van der Waals surface area contributed by atoms with Crippen LogP contribution in [-0.4, -0.2) is 28.9 Å². The van der Waals surface area contributed by atoms with E-state index in [1.807, 2.05) is 0 Å². The van der Waals surface area contributed by atoms with Crippen LogP contribution >= 0.6 is 11.6 Å². The van der Waals surface area contributed by atoms with Gasteiger partial charge in [-0.25, -0.2) is 22.9 Å². The van der Waals surface area contributed by atoms with Gasteiger partial charge >= 0.3 is 11.4 Å². The van der Waals surface area contributed by atoms with Crippen molar-refractivity contribution in [2.24, 2.45) is 7.05 Å². The summed E-state index contributed by atoms with van der Waals surface area (Å²) in [5.41, 5.74) is 0.985. The van der Waals surface area contributed by atoms with E-state index in [-0.39, 0.29) is 23.2 Å². The van der Waals surface area contributed by atoms with Crippen molar-refractivity contribution in [3.8, 4) is 5.69 Å².